The molecular formula is C43H17BF20N2O2. The molecule has 0 spiro atoms. The maximum absolute atomic E-state index is 15.4. The summed E-state index contributed by atoms with van der Waals surface area (Å²) in [6, 6.07) is 22.4. The minimum Gasteiger partial charge on any atom is -0.264 e. The Morgan fingerprint density at radius 2 is 0.721 bits per heavy atom. The van der Waals surface area contributed by atoms with E-state index in [1.807, 2.05) is 48.5 Å². The van der Waals surface area contributed by atoms with Gasteiger partial charge in [-0.2, -0.15) is 4.57 Å². The number of aromatic nitrogens is 1. The molecule has 7 rings (SSSR count). The fourth-order valence-electron chi connectivity index (χ4n) is 7.50. The zero-order valence-electron chi connectivity index (χ0n) is 32.8. The Morgan fingerprint density at radius 1 is 0.412 bits per heavy atom. The minimum atomic E-state index is -7.22. The smallest absolute Gasteiger partial charge is 0.222 e. The molecule has 0 unspecified atom stereocenters. The van der Waals surface area contributed by atoms with Crippen LogP contribution >= 0.6 is 0 Å². The summed E-state index contributed by atoms with van der Waals surface area (Å²) in [7, 11) is 0. The molecule has 68 heavy (non-hydrogen) atoms. The summed E-state index contributed by atoms with van der Waals surface area (Å²) in [5.74, 6) is -71.4. The number of nitrogens with zero attached hydrogens (tertiary/aromatic N) is 2. The fraction of sp³-hybridized carbons (Fsp3) is 0.0465. The number of pyridine rings is 1. The van der Waals surface area contributed by atoms with Gasteiger partial charge in [-0.1, -0.05) is 42.5 Å². The summed E-state index contributed by atoms with van der Waals surface area (Å²) < 4.78 is 296. The third kappa shape index (κ3) is 8.11. The zero-order valence-corrected chi connectivity index (χ0v) is 32.8. The summed E-state index contributed by atoms with van der Waals surface area (Å²) in [6.07, 6.45) is -3.81. The van der Waals surface area contributed by atoms with Crippen LogP contribution in [0.15, 0.2) is 72.8 Å². The number of benzene rings is 6. The van der Waals surface area contributed by atoms with Crippen LogP contribution in [-0.4, -0.2) is 17.6 Å². The number of hydrogen-bond donors (Lipinski definition) is 0. The molecule has 0 bridgehead atoms. The summed E-state index contributed by atoms with van der Waals surface area (Å²) in [4.78, 5) is 10.2. The number of hydrogen-bond acceptors (Lipinski definition) is 2. The summed E-state index contributed by atoms with van der Waals surface area (Å²) in [5, 5.41) is 11.7. The van der Waals surface area contributed by atoms with Gasteiger partial charge in [0.25, 0.3) is 0 Å². The van der Waals surface area contributed by atoms with Crippen LogP contribution in [0.2, 0.25) is 0 Å². The van der Waals surface area contributed by atoms with Crippen LogP contribution in [0, 0.1) is 126 Å². The molecular weight excluding hydrogens is 967 g/mol. The monoisotopic (exact) mass is 984 g/mol. The van der Waals surface area contributed by atoms with Crippen LogP contribution in [0.5, 0.6) is 0 Å². The van der Waals surface area contributed by atoms with E-state index in [0.717, 1.165) is 23.1 Å². The summed E-state index contributed by atoms with van der Waals surface area (Å²) in [5.41, 5.74) is -11.1. The van der Waals surface area contributed by atoms with Crippen molar-refractivity contribution in [2.75, 3.05) is 6.54 Å². The van der Waals surface area contributed by atoms with Gasteiger partial charge >= 0.3 is 0 Å². The SMILES string of the molecule is Fc1c(F)c(F)c([B-](c2c(F)c(F)c(F)c(F)c2F)(c2c(F)c(F)c(F)c(F)c2F)c2c(F)c(F)c(F)c(F)c2F)c(F)c1F.O=[N+]([O-])CC=Cc1ccc2ccccc2[n+]1Cc1ccccc1. The molecule has 0 saturated heterocycles. The van der Waals surface area contributed by atoms with E-state index < -0.39 is 144 Å². The van der Waals surface area contributed by atoms with Crippen LogP contribution < -0.4 is 26.4 Å². The lowest BCUT2D eigenvalue weighted by atomic mass is 9.12. The predicted octanol–water partition coefficient (Wildman–Crippen LogP) is 9.31. The highest BCUT2D eigenvalue weighted by Gasteiger charge is 2.52. The van der Waals surface area contributed by atoms with Gasteiger partial charge in [0.2, 0.25) is 17.8 Å². The lowest BCUT2D eigenvalue weighted by molar-refractivity contribution is -0.664. The molecule has 0 N–H and O–H groups in total. The standard InChI is InChI=1S/C24BF20.C19H17N2O2/c26-5-1(6(27)14(35)21(42)13(5)34)25(2-7(28)15(36)22(43)16(37)8(2)29,3-9(30)17(38)23(44)18(39)10(3)31)4-11(32)19(40)24(45)20(41)12(4)33;22-21(23)14-6-10-18-13-12-17-9-4-5-11-19(17)20(18)15-16-7-2-1-3-8-16/h;1-13H,14-15H2/q-1;+1. The van der Waals surface area contributed by atoms with Crippen LogP contribution in [-0.2, 0) is 6.54 Å². The topological polar surface area (TPSA) is 47.0 Å². The van der Waals surface area contributed by atoms with Gasteiger partial charge in [0, 0.05) is 34.1 Å². The highest BCUT2D eigenvalue weighted by molar-refractivity contribution is 7.20. The van der Waals surface area contributed by atoms with Crippen molar-refractivity contribution in [3.8, 4) is 0 Å². The van der Waals surface area contributed by atoms with Gasteiger partial charge in [-0.05, 0) is 18.2 Å². The second-order valence-electron chi connectivity index (χ2n) is 14.1. The first-order valence-electron chi connectivity index (χ1n) is 18.4. The van der Waals surface area contributed by atoms with E-state index in [0.29, 0.717) is 0 Å². The molecule has 0 amide bonds. The molecule has 4 nitrogen and oxygen atoms in total. The average Bonchev–Trinajstić information content (AvgIpc) is 3.32. The summed E-state index contributed by atoms with van der Waals surface area (Å²) >= 11 is 0. The van der Waals surface area contributed by atoms with Crippen molar-refractivity contribution >= 4 is 45.0 Å². The lowest BCUT2D eigenvalue weighted by Crippen LogP contribution is -2.81. The zero-order chi connectivity index (χ0) is 50.4. The second kappa shape index (κ2) is 19.0. The molecule has 7 aromatic rings. The average molecular weight is 984 g/mol. The van der Waals surface area contributed by atoms with E-state index >= 15 is 35.1 Å². The van der Waals surface area contributed by atoms with E-state index in [1.165, 1.54) is 5.56 Å². The van der Waals surface area contributed by atoms with Crippen molar-refractivity contribution < 1.29 is 97.3 Å². The first kappa shape index (κ1) is 50.0. The molecule has 0 aliphatic rings. The Hall–Kier alpha value is -7.47. The van der Waals surface area contributed by atoms with Gasteiger partial charge in [-0.25, -0.2) is 87.8 Å². The van der Waals surface area contributed by atoms with Gasteiger partial charge in [0.1, 0.15) is 52.7 Å². The molecule has 1 heterocycles. The quantitative estimate of drug-likeness (QED) is 0.0276. The summed E-state index contributed by atoms with van der Waals surface area (Å²) in [6.45, 7) is 0.554. The van der Waals surface area contributed by atoms with Crippen molar-refractivity contribution in [3.05, 3.63) is 211 Å². The fourth-order valence-corrected chi connectivity index (χ4v) is 7.50. The predicted molar refractivity (Wildman–Crippen MR) is 200 cm³/mol. The highest BCUT2D eigenvalue weighted by Crippen LogP contribution is 2.31. The molecule has 0 atom stereocenters. The third-order valence-corrected chi connectivity index (χ3v) is 10.4. The molecule has 354 valence electrons. The molecule has 25 heteroatoms. The van der Waals surface area contributed by atoms with Crippen molar-refractivity contribution in [2.24, 2.45) is 0 Å². The third-order valence-electron chi connectivity index (χ3n) is 10.4. The molecule has 0 saturated carbocycles. The van der Waals surface area contributed by atoms with Crippen molar-refractivity contribution in [1.82, 2.24) is 0 Å². The van der Waals surface area contributed by atoms with Crippen LogP contribution in [0.3, 0.4) is 0 Å². The van der Waals surface area contributed by atoms with Crippen LogP contribution in [0.4, 0.5) is 87.8 Å². The van der Waals surface area contributed by atoms with Crippen molar-refractivity contribution in [1.29, 1.82) is 0 Å². The number of para-hydroxylation sites is 1. The molecule has 0 aliphatic carbocycles. The maximum atomic E-state index is 15.4. The van der Waals surface area contributed by atoms with Gasteiger partial charge in [-0.15, -0.1) is 21.9 Å². The largest absolute Gasteiger partial charge is 0.264 e. The maximum Gasteiger partial charge on any atom is 0.222 e. The first-order valence-corrected chi connectivity index (χ1v) is 18.4. The van der Waals surface area contributed by atoms with Crippen molar-refractivity contribution in [3.63, 3.8) is 0 Å². The molecule has 6 aromatic carbocycles. The molecule has 0 fully saturated rings. The first-order chi connectivity index (χ1) is 31.9. The van der Waals surface area contributed by atoms with E-state index in [9.17, 15) is 62.8 Å². The van der Waals surface area contributed by atoms with Gasteiger partial charge in [0.15, 0.2) is 76.4 Å². The Bertz CT molecular complexity index is 2840. The normalized spacial score (nSPS) is 11.7. The van der Waals surface area contributed by atoms with Crippen LogP contribution in [0.1, 0.15) is 11.3 Å². The minimum absolute atomic E-state index is 0.168. The van der Waals surface area contributed by atoms with Gasteiger partial charge in [-0.3, -0.25) is 10.1 Å². The lowest BCUT2D eigenvalue weighted by Gasteiger charge is -2.44. The highest BCUT2D eigenvalue weighted by atomic mass is 19.2. The van der Waals surface area contributed by atoms with Gasteiger partial charge < -0.3 is 0 Å². The number of fused-ring (bicyclic) bond motifs is 1. The molecule has 0 radical (unpaired) electrons. The number of rotatable bonds is 9. The van der Waals surface area contributed by atoms with E-state index in [4.69, 9.17) is 0 Å². The Kier molecular flexibility index (Phi) is 14.0. The van der Waals surface area contributed by atoms with E-state index in [-0.39, 0.29) is 11.5 Å². The van der Waals surface area contributed by atoms with Gasteiger partial charge in [0.05, 0.1) is 0 Å². The number of nitro groups is 1. The molecule has 0 aliphatic heterocycles. The Morgan fingerprint density at radius 3 is 1.06 bits per heavy atom. The van der Waals surface area contributed by atoms with Crippen LogP contribution in [0.25, 0.3) is 17.0 Å². The number of halogens is 20. The second-order valence-corrected chi connectivity index (χ2v) is 14.1. The van der Waals surface area contributed by atoms with E-state index in [2.05, 4.69) is 28.8 Å². The molecule has 1 aromatic heterocycles. The Labute approximate surface area is 365 Å². The van der Waals surface area contributed by atoms with E-state index in [1.54, 1.807) is 6.08 Å². The van der Waals surface area contributed by atoms with Crippen molar-refractivity contribution in [2.45, 2.75) is 6.54 Å². The Balaban J connectivity index is 0.000000276.